The van der Waals surface area contributed by atoms with Crippen LogP contribution in [0.15, 0.2) is 77.0 Å². The van der Waals surface area contributed by atoms with Crippen LogP contribution < -0.4 is 30.3 Å². The Morgan fingerprint density at radius 3 is 2.66 bits per heavy atom. The van der Waals surface area contributed by atoms with Gasteiger partial charge in [0.25, 0.3) is 0 Å². The maximum absolute atomic E-state index is 12.4. The minimum atomic E-state index is -1.15. The molecule has 0 fully saturated rings. The van der Waals surface area contributed by atoms with Crippen molar-refractivity contribution in [2.75, 3.05) is 20.3 Å². The van der Waals surface area contributed by atoms with Gasteiger partial charge in [-0.05, 0) is 61.4 Å². The summed E-state index contributed by atoms with van der Waals surface area (Å²) in [5.41, 5.74) is 5.40. The quantitative estimate of drug-likeness (QED) is 0.0875. The number of rotatable bonds is 13. The summed E-state index contributed by atoms with van der Waals surface area (Å²) in [7, 11) is 1.27. The van der Waals surface area contributed by atoms with E-state index in [1.54, 1.807) is 43.3 Å². The Hall–Kier alpha value is -4.45. The second-order valence-corrected chi connectivity index (χ2v) is 10.4. The van der Waals surface area contributed by atoms with Crippen molar-refractivity contribution < 1.29 is 33.6 Å². The largest absolute Gasteiger partial charge is 0.490 e. The first-order chi connectivity index (χ1) is 21.2. The van der Waals surface area contributed by atoms with E-state index in [1.165, 1.54) is 13.3 Å². The van der Waals surface area contributed by atoms with E-state index in [0.29, 0.717) is 45.2 Å². The Bertz CT molecular complexity index is 1560. The standard InChI is InChI=1S/C31H32Cl2N4O7/c1-4-42-26-13-20(29-28(30(39)41-3)18(2)35-31(40)36-29)9-11-25(26)44-17-27(38)37-34-15-19-6-5-7-23(12-19)43-16-21-8-10-22(32)14-24(21)33/h5-15,27,29,37-38H,4,16-17H2,1-3H3,(H2,35,36,40)/b34-15+/t27-,29-/m1/s1. The van der Waals surface area contributed by atoms with Crippen molar-refractivity contribution in [2.24, 2.45) is 5.10 Å². The smallest absolute Gasteiger partial charge is 0.337 e. The molecule has 0 saturated heterocycles. The number of esters is 1. The molecule has 3 aromatic rings. The lowest BCUT2D eigenvalue weighted by Gasteiger charge is -2.28. The number of carbonyl (C=O) groups is 2. The van der Waals surface area contributed by atoms with E-state index in [-0.39, 0.29) is 18.8 Å². The highest BCUT2D eigenvalue weighted by atomic mass is 35.5. The molecule has 232 valence electrons. The van der Waals surface area contributed by atoms with Crippen LogP contribution in [0.25, 0.3) is 0 Å². The Balaban J connectivity index is 1.35. The fraction of sp³-hybridized carbons (Fsp3) is 0.258. The maximum atomic E-state index is 12.4. The number of methoxy groups -OCH3 is 1. The monoisotopic (exact) mass is 642 g/mol. The minimum absolute atomic E-state index is 0.154. The van der Waals surface area contributed by atoms with E-state index >= 15 is 0 Å². The second-order valence-electron chi connectivity index (χ2n) is 9.51. The van der Waals surface area contributed by atoms with E-state index in [1.807, 2.05) is 31.2 Å². The van der Waals surface area contributed by atoms with E-state index < -0.39 is 24.3 Å². The van der Waals surface area contributed by atoms with E-state index in [9.17, 15) is 14.7 Å². The molecular weight excluding hydrogens is 611 g/mol. The van der Waals surface area contributed by atoms with Crippen molar-refractivity contribution in [2.45, 2.75) is 32.7 Å². The molecule has 2 amide bonds. The molecule has 11 nitrogen and oxygen atoms in total. The van der Waals surface area contributed by atoms with Gasteiger partial charge in [-0.3, -0.25) is 5.43 Å². The zero-order valence-corrected chi connectivity index (χ0v) is 25.7. The number of hydrogen-bond acceptors (Lipinski definition) is 9. The van der Waals surface area contributed by atoms with Crippen molar-refractivity contribution in [1.82, 2.24) is 16.1 Å². The van der Waals surface area contributed by atoms with E-state index in [2.05, 4.69) is 21.2 Å². The van der Waals surface area contributed by atoms with Crippen molar-refractivity contribution in [3.05, 3.63) is 98.7 Å². The molecule has 1 aliphatic rings. The summed E-state index contributed by atoms with van der Waals surface area (Å²) >= 11 is 12.2. The molecule has 13 heteroatoms. The predicted molar refractivity (Wildman–Crippen MR) is 166 cm³/mol. The summed E-state index contributed by atoms with van der Waals surface area (Å²) < 4.78 is 22.3. The molecule has 0 aliphatic carbocycles. The van der Waals surface area contributed by atoms with Crippen LogP contribution in [0.5, 0.6) is 17.2 Å². The fourth-order valence-electron chi connectivity index (χ4n) is 4.30. The summed E-state index contributed by atoms with van der Waals surface area (Å²) in [5, 5.41) is 20.9. The Kier molecular flexibility index (Phi) is 11.3. The lowest BCUT2D eigenvalue weighted by atomic mass is 9.95. The Labute approximate surface area is 264 Å². The Morgan fingerprint density at radius 1 is 1.09 bits per heavy atom. The third-order valence-electron chi connectivity index (χ3n) is 6.38. The number of hydrazone groups is 1. The number of carbonyl (C=O) groups excluding carboxylic acids is 2. The highest BCUT2D eigenvalue weighted by Crippen LogP contribution is 2.35. The van der Waals surface area contributed by atoms with Gasteiger partial charge in [0.15, 0.2) is 17.7 Å². The van der Waals surface area contributed by atoms with Crippen LogP contribution in [-0.2, 0) is 16.1 Å². The lowest BCUT2D eigenvalue weighted by molar-refractivity contribution is -0.136. The number of ether oxygens (including phenoxy) is 4. The van der Waals surface area contributed by atoms with Gasteiger partial charge in [-0.15, -0.1) is 0 Å². The van der Waals surface area contributed by atoms with Gasteiger partial charge in [-0.1, -0.05) is 47.5 Å². The lowest BCUT2D eigenvalue weighted by Crippen LogP contribution is -2.45. The first-order valence-corrected chi connectivity index (χ1v) is 14.3. The van der Waals surface area contributed by atoms with Crippen LogP contribution in [-0.4, -0.2) is 49.9 Å². The predicted octanol–water partition coefficient (Wildman–Crippen LogP) is 5.09. The van der Waals surface area contributed by atoms with Gasteiger partial charge in [-0.2, -0.15) is 5.10 Å². The number of aliphatic hydroxyl groups excluding tert-OH is 1. The van der Waals surface area contributed by atoms with Crippen molar-refractivity contribution in [1.29, 1.82) is 0 Å². The van der Waals surface area contributed by atoms with Gasteiger partial charge in [0.1, 0.15) is 19.0 Å². The Morgan fingerprint density at radius 2 is 1.91 bits per heavy atom. The van der Waals surface area contributed by atoms with Crippen LogP contribution >= 0.6 is 23.2 Å². The maximum Gasteiger partial charge on any atom is 0.337 e. The number of nitrogens with zero attached hydrogens (tertiary/aromatic N) is 1. The summed E-state index contributed by atoms with van der Waals surface area (Å²) in [5.74, 6) is 0.762. The normalized spacial score (nSPS) is 15.3. The molecule has 1 aliphatic heterocycles. The topological polar surface area (TPSA) is 140 Å². The molecule has 0 unspecified atom stereocenters. The van der Waals surface area contributed by atoms with Crippen molar-refractivity contribution in [3.8, 4) is 17.2 Å². The zero-order chi connectivity index (χ0) is 31.6. The van der Waals surface area contributed by atoms with Crippen molar-refractivity contribution >= 4 is 41.4 Å². The number of allylic oxidation sites excluding steroid dienone is 1. The molecule has 4 rings (SSSR count). The highest BCUT2D eigenvalue weighted by molar-refractivity contribution is 6.35. The number of urea groups is 1. The van der Waals surface area contributed by atoms with Crippen LogP contribution in [0, 0.1) is 0 Å². The van der Waals surface area contributed by atoms with Gasteiger partial charge in [0, 0.05) is 21.3 Å². The first-order valence-electron chi connectivity index (χ1n) is 13.6. The minimum Gasteiger partial charge on any atom is -0.490 e. The number of aliphatic hydroxyl groups is 1. The number of nitrogens with one attached hydrogen (secondary N) is 3. The van der Waals surface area contributed by atoms with Gasteiger partial charge < -0.3 is 34.7 Å². The molecule has 0 saturated carbocycles. The molecule has 0 bridgehead atoms. The van der Waals surface area contributed by atoms with Crippen LogP contribution in [0.1, 0.15) is 36.6 Å². The van der Waals surface area contributed by atoms with Gasteiger partial charge in [0.05, 0.1) is 31.5 Å². The third-order valence-corrected chi connectivity index (χ3v) is 6.96. The molecular formula is C31H32Cl2N4O7. The highest BCUT2D eigenvalue weighted by Gasteiger charge is 2.32. The molecule has 0 aromatic heterocycles. The zero-order valence-electron chi connectivity index (χ0n) is 24.2. The fourth-order valence-corrected chi connectivity index (χ4v) is 4.77. The molecule has 0 spiro atoms. The summed E-state index contributed by atoms with van der Waals surface area (Å²) in [6.07, 6.45) is 0.389. The van der Waals surface area contributed by atoms with E-state index in [4.69, 9.17) is 42.1 Å². The van der Waals surface area contributed by atoms with Gasteiger partial charge >= 0.3 is 12.0 Å². The summed E-state index contributed by atoms with van der Waals surface area (Å²) in [6, 6.07) is 16.3. The van der Waals surface area contributed by atoms with Crippen LogP contribution in [0.2, 0.25) is 10.0 Å². The summed E-state index contributed by atoms with van der Waals surface area (Å²) in [4.78, 5) is 24.6. The molecule has 44 heavy (non-hydrogen) atoms. The number of halogens is 2. The number of benzene rings is 3. The van der Waals surface area contributed by atoms with Crippen LogP contribution in [0.4, 0.5) is 4.79 Å². The van der Waals surface area contributed by atoms with E-state index in [0.717, 1.165) is 11.1 Å². The molecule has 3 aromatic carbocycles. The van der Waals surface area contributed by atoms with Gasteiger partial charge in [-0.25, -0.2) is 9.59 Å². The third kappa shape index (κ3) is 8.56. The average molecular weight is 644 g/mol. The average Bonchev–Trinajstić information content (AvgIpc) is 2.99. The second kappa shape index (κ2) is 15.3. The van der Waals surface area contributed by atoms with Gasteiger partial charge in [0.2, 0.25) is 0 Å². The summed E-state index contributed by atoms with van der Waals surface area (Å²) in [6.45, 7) is 3.88. The number of hydrogen-bond donors (Lipinski definition) is 4. The molecule has 4 N–H and O–H groups in total. The SMILES string of the molecule is CCOc1cc([C@H]2NC(=O)NC(C)=C2C(=O)OC)ccc1OC[C@@H](O)N/N=C/c1cccc(OCc2ccc(Cl)cc2Cl)c1. The molecule has 1 heterocycles. The van der Waals surface area contributed by atoms with Crippen molar-refractivity contribution in [3.63, 3.8) is 0 Å². The van der Waals surface area contributed by atoms with Crippen LogP contribution in [0.3, 0.4) is 0 Å². The first kappa shape index (κ1) is 32.5. The number of amides is 2. The molecule has 0 radical (unpaired) electrons. The molecule has 2 atom stereocenters.